The molecule has 1 saturated carbocycles. The molecular formula is C28H25F2N7O2. The predicted octanol–water partition coefficient (Wildman–Crippen LogP) is 5.56. The fraction of sp³-hybridized carbons (Fsp3) is 0.286. The summed E-state index contributed by atoms with van der Waals surface area (Å²) in [6.07, 6.45) is 2.67. The molecule has 1 aliphatic heterocycles. The van der Waals surface area contributed by atoms with Gasteiger partial charge in [-0.2, -0.15) is 0 Å². The molecule has 0 spiro atoms. The van der Waals surface area contributed by atoms with Gasteiger partial charge in [0.1, 0.15) is 12.1 Å². The second-order valence-corrected chi connectivity index (χ2v) is 9.67. The largest absolute Gasteiger partial charge is 0.446 e. The number of carbonyl (C=O) groups excluding carboxylic acids is 1. The van der Waals surface area contributed by atoms with Gasteiger partial charge in [0.2, 0.25) is 11.8 Å². The van der Waals surface area contributed by atoms with Crippen molar-refractivity contribution in [2.45, 2.75) is 19.8 Å². The first-order chi connectivity index (χ1) is 18.9. The van der Waals surface area contributed by atoms with E-state index in [1.54, 1.807) is 6.92 Å². The number of hydrogen-bond acceptors (Lipinski definition) is 7. The van der Waals surface area contributed by atoms with Crippen LogP contribution in [0.2, 0.25) is 0 Å². The van der Waals surface area contributed by atoms with Crippen molar-refractivity contribution in [1.29, 1.82) is 0 Å². The van der Waals surface area contributed by atoms with E-state index in [2.05, 4.69) is 30.3 Å². The minimum atomic E-state index is -0.843. The molecule has 0 amide bonds. The van der Waals surface area contributed by atoms with Crippen molar-refractivity contribution < 1.29 is 18.3 Å². The summed E-state index contributed by atoms with van der Waals surface area (Å²) in [6, 6.07) is 10.0. The minimum Gasteiger partial charge on any atom is -0.446 e. The van der Waals surface area contributed by atoms with Gasteiger partial charge in [0, 0.05) is 60.6 Å². The summed E-state index contributed by atoms with van der Waals surface area (Å²) in [5, 5.41) is 6.35. The van der Waals surface area contributed by atoms with Crippen molar-refractivity contribution in [3.8, 4) is 11.6 Å². The van der Waals surface area contributed by atoms with Crippen LogP contribution >= 0.6 is 0 Å². The molecule has 2 aromatic carbocycles. The van der Waals surface area contributed by atoms with E-state index in [4.69, 9.17) is 11.3 Å². The standard InChI is InChI=1S/C28H25F2N7O2/c1-16-13-20-23(30)22(14-21(29)25(20)37(16)28(38)17-3-4-17)39-27-24(31-2)26(33-15-34-27)35-18-5-7-19(8-6-18)36-11-9-32-10-12-36/h5-8,13-15,17,32H,3-4,9-12H2,1H3,(H,33,34,35). The maximum atomic E-state index is 15.5. The Labute approximate surface area is 223 Å². The Hall–Kier alpha value is -4.56. The highest BCUT2D eigenvalue weighted by Crippen LogP contribution is 2.40. The van der Waals surface area contributed by atoms with Crippen LogP contribution < -0.4 is 20.3 Å². The number of carbonyl (C=O) groups is 1. The number of anilines is 3. The smallest absolute Gasteiger partial charge is 0.288 e. The van der Waals surface area contributed by atoms with Gasteiger partial charge in [0.15, 0.2) is 17.4 Å². The molecule has 2 N–H and O–H groups in total. The maximum Gasteiger partial charge on any atom is 0.288 e. The molecule has 0 unspecified atom stereocenters. The first-order valence-electron chi connectivity index (χ1n) is 12.7. The lowest BCUT2D eigenvalue weighted by Gasteiger charge is -2.29. The Morgan fingerprint density at radius 3 is 2.59 bits per heavy atom. The summed E-state index contributed by atoms with van der Waals surface area (Å²) in [5.74, 6) is -2.53. The van der Waals surface area contributed by atoms with Crippen molar-refractivity contribution in [2.24, 2.45) is 5.92 Å². The summed E-state index contributed by atoms with van der Waals surface area (Å²) < 4.78 is 37.6. The lowest BCUT2D eigenvalue weighted by atomic mass is 10.2. The third-order valence-corrected chi connectivity index (χ3v) is 6.99. The first-order valence-corrected chi connectivity index (χ1v) is 12.7. The topological polar surface area (TPSA) is 88.7 Å². The monoisotopic (exact) mass is 529 g/mol. The maximum absolute atomic E-state index is 15.5. The van der Waals surface area contributed by atoms with Gasteiger partial charge in [0.05, 0.1) is 12.1 Å². The Kier molecular flexibility index (Phi) is 6.32. The van der Waals surface area contributed by atoms with Gasteiger partial charge in [-0.3, -0.25) is 9.36 Å². The van der Waals surface area contributed by atoms with E-state index in [0.717, 1.165) is 50.8 Å². The Morgan fingerprint density at radius 1 is 1.15 bits per heavy atom. The third-order valence-electron chi connectivity index (χ3n) is 6.99. The normalized spacial score (nSPS) is 15.3. The van der Waals surface area contributed by atoms with Crippen LogP contribution in [0.4, 0.5) is 31.7 Å². The zero-order chi connectivity index (χ0) is 27.1. The van der Waals surface area contributed by atoms with Crippen LogP contribution in [0.3, 0.4) is 0 Å². The molecule has 2 fully saturated rings. The van der Waals surface area contributed by atoms with Crippen LogP contribution in [0.15, 0.2) is 42.7 Å². The molecule has 2 aliphatic rings. The number of hydrogen-bond donors (Lipinski definition) is 2. The van der Waals surface area contributed by atoms with Gasteiger partial charge in [-0.25, -0.2) is 23.6 Å². The van der Waals surface area contributed by atoms with Crippen LogP contribution in [0, 0.1) is 31.0 Å². The number of aromatic nitrogens is 3. The molecular weight excluding hydrogens is 504 g/mol. The number of fused-ring (bicyclic) bond motifs is 1. The van der Waals surface area contributed by atoms with Gasteiger partial charge < -0.3 is 20.3 Å². The second-order valence-electron chi connectivity index (χ2n) is 9.67. The van der Waals surface area contributed by atoms with Crippen LogP contribution in [0.25, 0.3) is 15.7 Å². The van der Waals surface area contributed by atoms with E-state index in [1.807, 2.05) is 24.3 Å². The van der Waals surface area contributed by atoms with E-state index >= 15 is 8.78 Å². The van der Waals surface area contributed by atoms with Gasteiger partial charge in [-0.05, 0) is 50.1 Å². The molecule has 3 heterocycles. The number of ether oxygens (including phenoxy) is 1. The Bertz CT molecular complexity index is 1620. The highest BCUT2D eigenvalue weighted by Gasteiger charge is 2.33. The minimum absolute atomic E-state index is 0.0714. The molecule has 39 heavy (non-hydrogen) atoms. The Morgan fingerprint density at radius 2 is 1.90 bits per heavy atom. The lowest BCUT2D eigenvalue weighted by molar-refractivity contribution is 0.0889. The molecule has 1 aliphatic carbocycles. The van der Waals surface area contributed by atoms with Gasteiger partial charge in [-0.1, -0.05) is 0 Å². The first kappa shape index (κ1) is 24.8. The Balaban J connectivity index is 1.28. The van der Waals surface area contributed by atoms with Crippen molar-refractivity contribution >= 4 is 39.7 Å². The molecule has 198 valence electrons. The van der Waals surface area contributed by atoms with Crippen LogP contribution in [-0.2, 0) is 0 Å². The van der Waals surface area contributed by atoms with E-state index < -0.39 is 17.4 Å². The van der Waals surface area contributed by atoms with Crippen LogP contribution in [0.1, 0.15) is 23.3 Å². The van der Waals surface area contributed by atoms with Crippen molar-refractivity contribution in [1.82, 2.24) is 19.9 Å². The zero-order valence-corrected chi connectivity index (χ0v) is 21.2. The zero-order valence-electron chi connectivity index (χ0n) is 21.2. The molecule has 1 saturated heterocycles. The molecule has 9 nitrogen and oxygen atoms in total. The fourth-order valence-electron chi connectivity index (χ4n) is 4.84. The highest BCUT2D eigenvalue weighted by molar-refractivity contribution is 5.97. The van der Waals surface area contributed by atoms with Crippen LogP contribution in [-0.4, -0.2) is 46.6 Å². The van der Waals surface area contributed by atoms with Gasteiger partial charge in [0.25, 0.3) is 5.69 Å². The number of halogens is 2. The quantitative estimate of drug-likeness (QED) is 0.316. The molecule has 4 aromatic rings. The SMILES string of the molecule is [C-]#[N+]c1c(Nc2ccc(N3CCNCC3)cc2)ncnc1Oc1cc(F)c2c(cc(C)n2C(=O)C2CC2)c1F. The fourth-order valence-corrected chi connectivity index (χ4v) is 4.84. The van der Waals surface area contributed by atoms with Gasteiger partial charge >= 0.3 is 0 Å². The number of nitrogens with one attached hydrogen (secondary N) is 2. The van der Waals surface area contributed by atoms with Crippen molar-refractivity contribution in [3.05, 3.63) is 71.5 Å². The number of piperazine rings is 1. The summed E-state index contributed by atoms with van der Waals surface area (Å²) in [4.78, 5) is 26.6. The third kappa shape index (κ3) is 4.64. The van der Waals surface area contributed by atoms with E-state index in [1.165, 1.54) is 17.0 Å². The number of nitrogens with zero attached hydrogens (tertiary/aromatic N) is 5. The summed E-state index contributed by atoms with van der Waals surface area (Å²) in [7, 11) is 0. The number of benzene rings is 2. The van der Waals surface area contributed by atoms with Crippen molar-refractivity contribution in [2.75, 3.05) is 36.4 Å². The number of aryl methyl sites for hydroxylation is 1. The average molecular weight is 530 g/mol. The summed E-state index contributed by atoms with van der Waals surface area (Å²) in [5.41, 5.74) is 2.03. The predicted molar refractivity (Wildman–Crippen MR) is 143 cm³/mol. The van der Waals surface area contributed by atoms with Gasteiger partial charge in [-0.15, -0.1) is 0 Å². The molecule has 0 atom stereocenters. The average Bonchev–Trinajstić information content (AvgIpc) is 3.74. The van der Waals surface area contributed by atoms with Crippen molar-refractivity contribution in [3.63, 3.8) is 0 Å². The molecule has 2 aromatic heterocycles. The van der Waals surface area contributed by atoms with E-state index in [0.29, 0.717) is 11.4 Å². The van der Waals surface area contributed by atoms with E-state index in [-0.39, 0.29) is 40.1 Å². The lowest BCUT2D eigenvalue weighted by Crippen LogP contribution is -2.43. The molecule has 0 radical (unpaired) electrons. The van der Waals surface area contributed by atoms with Crippen LogP contribution in [0.5, 0.6) is 11.6 Å². The van der Waals surface area contributed by atoms with E-state index in [9.17, 15) is 4.79 Å². The molecule has 11 heteroatoms. The summed E-state index contributed by atoms with van der Waals surface area (Å²) >= 11 is 0. The molecule has 0 bridgehead atoms. The summed E-state index contributed by atoms with van der Waals surface area (Å²) in [6.45, 7) is 13.0. The number of rotatable bonds is 6. The highest BCUT2D eigenvalue weighted by atomic mass is 19.1. The molecule has 6 rings (SSSR count). The second kappa shape index (κ2) is 9.96.